The summed E-state index contributed by atoms with van der Waals surface area (Å²) in [6.45, 7) is 1.81. The molecule has 1 amide bonds. The quantitative estimate of drug-likeness (QED) is 0.597. The number of ether oxygens (including phenoxy) is 1. The number of benzene rings is 1. The number of hydrazine groups is 1. The number of carbonyl (C=O) groups excluding carboxylic acids is 1. The van der Waals surface area contributed by atoms with Crippen molar-refractivity contribution in [1.82, 2.24) is 4.98 Å². The van der Waals surface area contributed by atoms with Crippen LogP contribution >= 0.6 is 11.6 Å². The molecule has 2 aromatic rings. The molecule has 1 aromatic carbocycles. The Kier molecular flexibility index (Phi) is 4.62. The summed E-state index contributed by atoms with van der Waals surface area (Å²) in [5.41, 5.74) is 4.52. The molecule has 1 heterocycles. The third kappa shape index (κ3) is 3.42. The number of anilines is 2. The first-order valence-electron chi connectivity index (χ1n) is 6.13. The first-order chi connectivity index (χ1) is 10.0. The van der Waals surface area contributed by atoms with Gasteiger partial charge in [0, 0.05) is 16.9 Å². The van der Waals surface area contributed by atoms with Crippen LogP contribution in [-0.4, -0.2) is 18.0 Å². The molecule has 0 saturated heterocycles. The van der Waals surface area contributed by atoms with Crippen LogP contribution in [0, 0.1) is 6.92 Å². The van der Waals surface area contributed by atoms with E-state index >= 15 is 0 Å². The molecule has 7 heteroatoms. The first-order valence-corrected chi connectivity index (χ1v) is 6.51. The Bertz CT molecular complexity index is 676. The zero-order valence-electron chi connectivity index (χ0n) is 11.6. The largest absolute Gasteiger partial charge is 0.495 e. The highest BCUT2D eigenvalue weighted by Gasteiger charge is 2.14. The van der Waals surface area contributed by atoms with Gasteiger partial charge < -0.3 is 15.5 Å². The molecule has 2 rings (SSSR count). The molecule has 0 atom stereocenters. The number of aromatic nitrogens is 1. The number of nitrogen functional groups attached to an aromatic ring is 1. The summed E-state index contributed by atoms with van der Waals surface area (Å²) in [7, 11) is 1.51. The number of nitrogens with zero attached hydrogens (tertiary/aromatic N) is 1. The summed E-state index contributed by atoms with van der Waals surface area (Å²) < 4.78 is 5.18. The summed E-state index contributed by atoms with van der Waals surface area (Å²) in [6.07, 6.45) is 1.46. The van der Waals surface area contributed by atoms with Crippen molar-refractivity contribution in [1.29, 1.82) is 0 Å². The number of aryl methyl sites for hydroxylation is 1. The van der Waals surface area contributed by atoms with E-state index in [1.54, 1.807) is 24.3 Å². The maximum atomic E-state index is 12.3. The Morgan fingerprint density at radius 3 is 2.76 bits per heavy atom. The van der Waals surface area contributed by atoms with Gasteiger partial charge in [-0.05, 0) is 31.2 Å². The molecule has 0 fully saturated rings. The lowest BCUT2D eigenvalue weighted by atomic mass is 10.2. The molecule has 1 aromatic heterocycles. The molecule has 0 aliphatic rings. The standard InChI is InChI=1S/C14H15ClN4O2/c1-8-5-11(19-16)10(7-17-8)14(20)18-12-6-9(15)3-4-13(12)21-2/h3-7H,16H2,1-2H3,(H,17,19)(H,18,20). The highest BCUT2D eigenvalue weighted by atomic mass is 35.5. The van der Waals surface area contributed by atoms with Gasteiger partial charge >= 0.3 is 0 Å². The van der Waals surface area contributed by atoms with Gasteiger partial charge in [-0.15, -0.1) is 0 Å². The van der Waals surface area contributed by atoms with Gasteiger partial charge in [-0.2, -0.15) is 0 Å². The minimum atomic E-state index is -0.365. The maximum absolute atomic E-state index is 12.3. The number of carbonyl (C=O) groups is 1. The number of nitrogens with two attached hydrogens (primary N) is 1. The van der Waals surface area contributed by atoms with Crippen LogP contribution in [-0.2, 0) is 0 Å². The second-order valence-corrected chi connectivity index (χ2v) is 4.75. The van der Waals surface area contributed by atoms with Crippen molar-refractivity contribution >= 4 is 28.9 Å². The highest BCUT2D eigenvalue weighted by Crippen LogP contribution is 2.28. The average molecular weight is 307 g/mol. The lowest BCUT2D eigenvalue weighted by molar-refractivity contribution is 0.102. The van der Waals surface area contributed by atoms with Crippen LogP contribution < -0.4 is 21.3 Å². The van der Waals surface area contributed by atoms with Crippen LogP contribution in [0.25, 0.3) is 0 Å². The van der Waals surface area contributed by atoms with Crippen LogP contribution in [0.3, 0.4) is 0 Å². The van der Waals surface area contributed by atoms with E-state index in [-0.39, 0.29) is 5.91 Å². The zero-order chi connectivity index (χ0) is 15.4. The number of methoxy groups -OCH3 is 1. The minimum Gasteiger partial charge on any atom is -0.495 e. The van der Waals surface area contributed by atoms with Gasteiger partial charge in [0.15, 0.2) is 0 Å². The van der Waals surface area contributed by atoms with E-state index in [1.807, 2.05) is 6.92 Å². The third-order valence-electron chi connectivity index (χ3n) is 2.85. The molecule has 0 unspecified atom stereocenters. The fourth-order valence-corrected chi connectivity index (χ4v) is 2.00. The van der Waals surface area contributed by atoms with E-state index in [2.05, 4.69) is 15.7 Å². The summed E-state index contributed by atoms with van der Waals surface area (Å²) >= 11 is 5.93. The second-order valence-electron chi connectivity index (χ2n) is 4.31. The molecular weight excluding hydrogens is 292 g/mol. The Hall–Kier alpha value is -2.31. The highest BCUT2D eigenvalue weighted by molar-refractivity contribution is 6.31. The Morgan fingerprint density at radius 1 is 1.33 bits per heavy atom. The van der Waals surface area contributed by atoms with E-state index in [4.69, 9.17) is 22.2 Å². The molecule has 4 N–H and O–H groups in total. The average Bonchev–Trinajstić information content (AvgIpc) is 2.47. The number of pyridine rings is 1. The van der Waals surface area contributed by atoms with E-state index < -0.39 is 0 Å². The van der Waals surface area contributed by atoms with Crippen molar-refractivity contribution in [3.8, 4) is 5.75 Å². The summed E-state index contributed by atoms with van der Waals surface area (Å²) in [4.78, 5) is 16.4. The van der Waals surface area contributed by atoms with Gasteiger partial charge in [0.05, 0.1) is 24.0 Å². The van der Waals surface area contributed by atoms with Gasteiger partial charge in [-0.1, -0.05) is 11.6 Å². The molecule has 21 heavy (non-hydrogen) atoms. The van der Waals surface area contributed by atoms with E-state index in [1.165, 1.54) is 13.3 Å². The molecule has 0 radical (unpaired) electrons. The third-order valence-corrected chi connectivity index (χ3v) is 3.09. The van der Waals surface area contributed by atoms with Crippen molar-refractivity contribution in [3.05, 3.63) is 46.7 Å². The number of amides is 1. The monoisotopic (exact) mass is 306 g/mol. The summed E-state index contributed by atoms with van der Waals surface area (Å²) in [5, 5.41) is 3.22. The minimum absolute atomic E-state index is 0.324. The lowest BCUT2D eigenvalue weighted by Gasteiger charge is -2.12. The number of hydrogen-bond acceptors (Lipinski definition) is 5. The van der Waals surface area contributed by atoms with E-state index in [9.17, 15) is 4.79 Å². The normalized spacial score (nSPS) is 10.1. The van der Waals surface area contributed by atoms with Gasteiger partial charge in [-0.3, -0.25) is 15.6 Å². The maximum Gasteiger partial charge on any atom is 0.259 e. The summed E-state index contributed by atoms with van der Waals surface area (Å²) in [6, 6.07) is 6.64. The molecule has 0 bridgehead atoms. The van der Waals surface area contributed by atoms with Gasteiger partial charge in [0.2, 0.25) is 0 Å². The molecular formula is C14H15ClN4O2. The van der Waals surface area contributed by atoms with Gasteiger partial charge in [0.25, 0.3) is 5.91 Å². The Morgan fingerprint density at radius 2 is 2.10 bits per heavy atom. The fourth-order valence-electron chi connectivity index (χ4n) is 1.83. The van der Waals surface area contributed by atoms with Crippen molar-refractivity contribution in [2.24, 2.45) is 5.84 Å². The van der Waals surface area contributed by atoms with Crippen LogP contribution in [0.5, 0.6) is 5.75 Å². The van der Waals surface area contributed by atoms with Gasteiger partial charge in [0.1, 0.15) is 5.75 Å². The zero-order valence-corrected chi connectivity index (χ0v) is 12.4. The van der Waals surface area contributed by atoms with Crippen LogP contribution in [0.1, 0.15) is 16.1 Å². The number of nitrogens with one attached hydrogen (secondary N) is 2. The summed E-state index contributed by atoms with van der Waals surface area (Å²) in [5.74, 6) is 5.57. The van der Waals surface area contributed by atoms with E-state index in [0.29, 0.717) is 27.7 Å². The van der Waals surface area contributed by atoms with E-state index in [0.717, 1.165) is 5.69 Å². The van der Waals surface area contributed by atoms with Crippen molar-refractivity contribution in [2.45, 2.75) is 6.92 Å². The first kappa shape index (κ1) is 15.1. The number of hydrogen-bond donors (Lipinski definition) is 3. The van der Waals surface area contributed by atoms with Crippen LogP contribution in [0.2, 0.25) is 5.02 Å². The predicted octanol–water partition coefficient (Wildman–Crippen LogP) is 2.59. The second kappa shape index (κ2) is 6.43. The molecule has 6 nitrogen and oxygen atoms in total. The molecule has 110 valence electrons. The molecule has 0 saturated carbocycles. The van der Waals surface area contributed by atoms with Crippen LogP contribution in [0.4, 0.5) is 11.4 Å². The number of halogens is 1. The molecule has 0 aliphatic carbocycles. The van der Waals surface area contributed by atoms with Gasteiger partial charge in [-0.25, -0.2) is 0 Å². The van der Waals surface area contributed by atoms with Crippen LogP contribution in [0.15, 0.2) is 30.5 Å². The van der Waals surface area contributed by atoms with Crippen molar-refractivity contribution in [2.75, 3.05) is 17.9 Å². The fraction of sp³-hybridized carbons (Fsp3) is 0.143. The molecule has 0 aliphatic heterocycles. The Balaban J connectivity index is 2.32. The number of rotatable bonds is 4. The smallest absolute Gasteiger partial charge is 0.259 e. The lowest BCUT2D eigenvalue weighted by Crippen LogP contribution is -2.18. The Labute approximate surface area is 127 Å². The topological polar surface area (TPSA) is 89.3 Å². The van der Waals surface area contributed by atoms with Crippen molar-refractivity contribution < 1.29 is 9.53 Å². The SMILES string of the molecule is COc1ccc(Cl)cc1NC(=O)c1cnc(C)cc1NN. The molecule has 0 spiro atoms. The predicted molar refractivity (Wildman–Crippen MR) is 82.7 cm³/mol. The van der Waals surface area contributed by atoms with Crippen molar-refractivity contribution in [3.63, 3.8) is 0 Å².